The van der Waals surface area contributed by atoms with Crippen molar-refractivity contribution in [1.29, 1.82) is 0 Å². The number of aromatic amines is 2. The molecule has 4 rings (SSSR count). The van der Waals surface area contributed by atoms with Gasteiger partial charge in [0.05, 0.1) is 50.8 Å². The number of aliphatic hydroxyl groups is 1. The Morgan fingerprint density at radius 3 is 1.64 bits per heavy atom. The normalized spacial score (nSPS) is 12.2. The van der Waals surface area contributed by atoms with Crippen LogP contribution in [-0.4, -0.2) is 76.3 Å². The molecule has 1 unspecified atom stereocenters. The lowest BCUT2D eigenvalue weighted by molar-refractivity contribution is -0.387. The number of anilines is 1. The fraction of sp³-hybridized carbons (Fsp3) is 0.273. The van der Waals surface area contributed by atoms with E-state index in [-0.39, 0.29) is 38.1 Å². The largest absolute Gasteiger partial charge is 0.394 e. The minimum absolute atomic E-state index is 0.0431. The number of rotatable bonds is 10. The number of aliphatic hydroxyl groups excluding tert-OH is 1. The van der Waals surface area contributed by atoms with Gasteiger partial charge in [0.2, 0.25) is 25.9 Å². The van der Waals surface area contributed by atoms with Gasteiger partial charge in [0.25, 0.3) is 16.8 Å². The lowest BCUT2D eigenvalue weighted by Crippen LogP contribution is -2.43. The van der Waals surface area contributed by atoms with Crippen LogP contribution in [0.3, 0.4) is 0 Å². The number of halogens is 1. The van der Waals surface area contributed by atoms with Gasteiger partial charge in [0.1, 0.15) is 5.69 Å². The highest BCUT2D eigenvalue weighted by atomic mass is 32.2. The summed E-state index contributed by atoms with van der Waals surface area (Å²) in [6.45, 7) is 1.46. The highest BCUT2D eigenvalue weighted by Crippen LogP contribution is 2.28. The van der Waals surface area contributed by atoms with Crippen LogP contribution in [0.4, 0.5) is 21.5 Å². The van der Waals surface area contributed by atoms with Crippen molar-refractivity contribution in [1.82, 2.24) is 19.3 Å². The first-order valence-corrected chi connectivity index (χ1v) is 16.4. The number of sulfonamides is 2. The molecule has 0 bridgehead atoms. The van der Waals surface area contributed by atoms with Crippen LogP contribution in [0.25, 0.3) is 21.8 Å². The van der Waals surface area contributed by atoms with Crippen LogP contribution in [0.5, 0.6) is 0 Å². The highest BCUT2D eigenvalue weighted by molar-refractivity contribution is 7.91. The fourth-order valence-corrected chi connectivity index (χ4v) is 4.87. The predicted molar refractivity (Wildman–Crippen MR) is 164 cm³/mol. The van der Waals surface area contributed by atoms with Crippen LogP contribution in [-0.2, 0) is 20.0 Å². The Balaban J connectivity index is 0.000000261. The molecule has 47 heavy (non-hydrogen) atoms. The predicted octanol–water partition coefficient (Wildman–Crippen LogP) is -1.48. The van der Waals surface area contributed by atoms with E-state index in [0.29, 0.717) is 24.8 Å². The van der Waals surface area contributed by atoms with Gasteiger partial charge in [-0.1, -0.05) is 6.92 Å². The smallest absolute Gasteiger partial charge is 0.348 e. The van der Waals surface area contributed by atoms with E-state index in [9.17, 15) is 65.7 Å². The number of nitro benzene ring substituents is 2. The molecule has 0 radical (unpaired) electrons. The SMILES string of the molecule is CCC(CO)Nc1cc2c(=O)n(NS(C)(=O)=O)c(=O)[nH]c2cc1[N+](=O)[O-].CS(=O)(=O)Nn1c(=O)[nH]c2cc([N+](=O)[O-])c(F)cc2c1=O. The molecule has 0 aliphatic heterocycles. The number of nitrogens with one attached hydrogen (secondary N) is 5. The zero-order valence-corrected chi connectivity index (χ0v) is 25.8. The van der Waals surface area contributed by atoms with E-state index in [1.165, 1.54) is 0 Å². The highest BCUT2D eigenvalue weighted by Gasteiger charge is 2.22. The summed E-state index contributed by atoms with van der Waals surface area (Å²) in [5.41, 5.74) is -6.20. The van der Waals surface area contributed by atoms with Gasteiger partial charge in [0, 0.05) is 18.2 Å². The molecule has 22 nitrogen and oxygen atoms in total. The summed E-state index contributed by atoms with van der Waals surface area (Å²) in [5, 5.41) is 33.3. The summed E-state index contributed by atoms with van der Waals surface area (Å²) >= 11 is 0. The lowest BCUT2D eigenvalue weighted by Gasteiger charge is -2.16. The van der Waals surface area contributed by atoms with Gasteiger partial charge < -0.3 is 20.4 Å². The summed E-state index contributed by atoms with van der Waals surface area (Å²) in [6, 6.07) is 2.86. The van der Waals surface area contributed by atoms with Gasteiger partial charge in [-0.3, -0.25) is 29.8 Å². The second-order valence-electron chi connectivity index (χ2n) is 9.58. The minimum Gasteiger partial charge on any atom is -0.394 e. The number of hydrogen-bond acceptors (Lipinski definition) is 14. The van der Waals surface area contributed by atoms with Crippen molar-refractivity contribution in [3.63, 3.8) is 0 Å². The number of benzene rings is 2. The zero-order chi connectivity index (χ0) is 35.6. The molecule has 0 saturated heterocycles. The van der Waals surface area contributed by atoms with E-state index in [1.54, 1.807) is 16.6 Å². The Bertz CT molecular complexity index is 2380. The molecule has 25 heteroatoms. The second-order valence-corrected chi connectivity index (χ2v) is 13.0. The van der Waals surface area contributed by atoms with Gasteiger partial charge >= 0.3 is 17.1 Å². The molecule has 2 aromatic heterocycles. The number of nitrogens with zero attached hydrogens (tertiary/aromatic N) is 4. The third kappa shape index (κ3) is 8.32. The molecule has 0 saturated carbocycles. The van der Waals surface area contributed by atoms with Crippen LogP contribution in [0.15, 0.2) is 43.4 Å². The fourth-order valence-electron chi connectivity index (χ4n) is 3.88. The van der Waals surface area contributed by atoms with Crippen LogP contribution < -0.4 is 37.5 Å². The Morgan fingerprint density at radius 1 is 0.830 bits per heavy atom. The molecule has 2 heterocycles. The Morgan fingerprint density at radius 2 is 1.26 bits per heavy atom. The molecule has 0 aliphatic rings. The molecule has 2 aromatic carbocycles. The molecule has 0 amide bonds. The van der Waals surface area contributed by atoms with Gasteiger partial charge in [-0.05, 0) is 18.6 Å². The van der Waals surface area contributed by atoms with Crippen molar-refractivity contribution in [2.24, 2.45) is 0 Å². The van der Waals surface area contributed by atoms with Crippen molar-refractivity contribution in [3.05, 3.63) is 92.0 Å². The van der Waals surface area contributed by atoms with Crippen molar-refractivity contribution in [2.75, 3.05) is 34.1 Å². The maximum absolute atomic E-state index is 13.5. The Hall–Kier alpha value is -5.69. The molecule has 254 valence electrons. The first kappa shape index (κ1) is 35.8. The van der Waals surface area contributed by atoms with E-state index in [0.717, 1.165) is 18.4 Å². The number of aromatic nitrogens is 4. The zero-order valence-electron chi connectivity index (χ0n) is 24.1. The maximum atomic E-state index is 13.5. The molecule has 0 aliphatic carbocycles. The van der Waals surface area contributed by atoms with Crippen molar-refractivity contribution < 1.29 is 36.2 Å². The number of fused-ring (bicyclic) bond motifs is 2. The second kappa shape index (κ2) is 13.3. The Kier molecular flexibility index (Phi) is 10.2. The van der Waals surface area contributed by atoms with Crippen LogP contribution in [0, 0.1) is 26.0 Å². The minimum atomic E-state index is -3.93. The van der Waals surface area contributed by atoms with Crippen molar-refractivity contribution >= 4 is 58.9 Å². The van der Waals surface area contributed by atoms with Gasteiger partial charge in [0.15, 0.2) is 0 Å². The van der Waals surface area contributed by atoms with Crippen molar-refractivity contribution in [2.45, 2.75) is 19.4 Å². The monoisotopic (exact) mass is 705 g/mol. The third-order valence-corrected chi connectivity index (χ3v) is 6.99. The number of nitro groups is 2. The quantitative estimate of drug-likeness (QED) is 0.0810. The van der Waals surface area contributed by atoms with Gasteiger partial charge in [-0.25, -0.2) is 36.1 Å². The number of H-pyrrole nitrogens is 2. The first-order chi connectivity index (χ1) is 21.7. The topological polar surface area (TPSA) is 321 Å². The van der Waals surface area contributed by atoms with E-state index in [1.807, 2.05) is 0 Å². The van der Waals surface area contributed by atoms with E-state index in [2.05, 4.69) is 15.3 Å². The maximum Gasteiger partial charge on any atom is 0.348 e. The number of hydrogen-bond donors (Lipinski definition) is 6. The van der Waals surface area contributed by atoms with Crippen LogP contribution in [0.2, 0.25) is 0 Å². The summed E-state index contributed by atoms with van der Waals surface area (Å²) in [7, 11) is -7.84. The standard InChI is InChI=1S/C13H17N5O7S.C9H7FN4O6S/c1-3-7(6-19)14-10-4-8-9(5-11(10)18(22)23)15-13(21)17(12(8)20)16-26(2,24)25;1-21(19,20)12-13-8(15)4-2-5(10)7(14(17)18)3-6(4)11-9(13)16/h4-5,7,14,16,19H,3,6H2,1-2H3,(H,15,21);2-3,12H,1H3,(H,11,16). The molecule has 4 aromatic rings. The molecular formula is C22H24FN9O13S2. The van der Waals surface area contributed by atoms with E-state index in [4.69, 9.17) is 0 Å². The van der Waals surface area contributed by atoms with Gasteiger partial charge in [-0.2, -0.15) is 13.7 Å². The average molecular weight is 706 g/mol. The molecular weight excluding hydrogens is 681 g/mol. The Labute approximate surface area is 259 Å². The summed E-state index contributed by atoms with van der Waals surface area (Å²) in [4.78, 5) is 75.8. The summed E-state index contributed by atoms with van der Waals surface area (Å²) < 4.78 is 58.7. The van der Waals surface area contributed by atoms with Crippen LogP contribution in [0.1, 0.15) is 13.3 Å². The molecule has 0 fully saturated rings. The van der Waals surface area contributed by atoms with Crippen molar-refractivity contribution in [3.8, 4) is 0 Å². The first-order valence-electron chi connectivity index (χ1n) is 12.6. The molecule has 1 atom stereocenters. The van der Waals surface area contributed by atoms with E-state index >= 15 is 0 Å². The lowest BCUT2D eigenvalue weighted by atomic mass is 10.1. The molecule has 6 N–H and O–H groups in total. The average Bonchev–Trinajstić information content (AvgIpc) is 2.95. The van der Waals surface area contributed by atoms with Gasteiger partial charge in [-0.15, -0.1) is 0 Å². The van der Waals surface area contributed by atoms with E-state index < -0.39 is 81.0 Å². The summed E-state index contributed by atoms with van der Waals surface area (Å²) in [5.74, 6) is -1.29. The van der Waals surface area contributed by atoms with Crippen LogP contribution >= 0.6 is 0 Å². The third-order valence-electron chi connectivity index (χ3n) is 5.96. The molecule has 0 spiro atoms. The summed E-state index contributed by atoms with van der Waals surface area (Å²) in [6.07, 6.45) is 1.93.